The van der Waals surface area contributed by atoms with Gasteiger partial charge in [0, 0.05) is 0 Å². The Morgan fingerprint density at radius 2 is 1.78 bits per heavy atom. The molecule has 0 aliphatic carbocycles. The third kappa shape index (κ3) is 18.4. The molecule has 0 saturated carbocycles. The lowest BCUT2D eigenvalue weighted by Crippen LogP contribution is -2.57. The molecule has 0 aliphatic heterocycles. The van der Waals surface area contributed by atoms with Gasteiger partial charge < -0.3 is 16.7 Å². The quantitative estimate of drug-likeness (QED) is 0.486. The molecular weight excluding hydrogens is 118 g/mol. The van der Waals surface area contributed by atoms with Gasteiger partial charge in [-0.3, -0.25) is 0 Å². The SMILES string of the molecule is CC(C)=CC(C)[NH3+].O.[OH-]. The molecule has 58 valence electrons. The van der Waals surface area contributed by atoms with Gasteiger partial charge >= 0.3 is 0 Å². The minimum Gasteiger partial charge on any atom is -0.870 e. The fourth-order valence-corrected chi connectivity index (χ4v) is 0.569. The second-order valence-corrected chi connectivity index (χ2v) is 2.22. The smallest absolute Gasteiger partial charge is 0.100 e. The molecule has 0 saturated heterocycles. The van der Waals surface area contributed by atoms with Gasteiger partial charge in [-0.2, -0.15) is 0 Å². The highest BCUT2D eigenvalue weighted by atomic mass is 16.0. The number of hydrogen-bond donors (Lipinski definition) is 1. The van der Waals surface area contributed by atoms with Crippen LogP contribution >= 0.6 is 0 Å². The number of hydrogen-bond acceptors (Lipinski definition) is 1. The van der Waals surface area contributed by atoms with E-state index in [9.17, 15) is 0 Å². The average Bonchev–Trinajstić information content (AvgIpc) is 1.27. The molecule has 1 unspecified atom stereocenters. The molecule has 0 aliphatic rings. The van der Waals surface area contributed by atoms with Crippen LogP contribution in [0.1, 0.15) is 20.8 Å². The van der Waals surface area contributed by atoms with Gasteiger partial charge in [0.15, 0.2) is 0 Å². The number of allylic oxidation sites excluding steroid dienone is 1. The molecule has 0 aromatic heterocycles. The fourth-order valence-electron chi connectivity index (χ4n) is 0.569. The van der Waals surface area contributed by atoms with E-state index in [1.54, 1.807) is 0 Å². The van der Waals surface area contributed by atoms with Crippen LogP contribution in [0.5, 0.6) is 0 Å². The molecule has 0 aromatic rings. The fraction of sp³-hybridized carbons (Fsp3) is 0.667. The first kappa shape index (κ1) is 15.8. The summed E-state index contributed by atoms with van der Waals surface area (Å²) in [6.45, 7) is 6.25. The third-order valence-electron chi connectivity index (χ3n) is 0.618. The van der Waals surface area contributed by atoms with Crippen LogP contribution < -0.4 is 5.73 Å². The maximum Gasteiger partial charge on any atom is 0.100 e. The van der Waals surface area contributed by atoms with Crippen molar-refractivity contribution in [3.63, 3.8) is 0 Å². The molecule has 0 aromatic carbocycles. The topological polar surface area (TPSA) is 89.1 Å². The largest absolute Gasteiger partial charge is 0.870 e. The zero-order valence-corrected chi connectivity index (χ0v) is 6.31. The molecule has 0 bridgehead atoms. The molecule has 0 radical (unpaired) electrons. The van der Waals surface area contributed by atoms with Gasteiger partial charge in [0.05, 0.1) is 0 Å². The summed E-state index contributed by atoms with van der Waals surface area (Å²) in [5.74, 6) is 0. The van der Waals surface area contributed by atoms with E-state index in [-0.39, 0.29) is 11.0 Å². The molecule has 0 rings (SSSR count). The average molecular weight is 135 g/mol. The van der Waals surface area contributed by atoms with Crippen molar-refractivity contribution in [1.82, 2.24) is 0 Å². The standard InChI is InChI=1S/C6H13N.2H2O/c1-5(2)4-6(3)7;;/h4,6H,7H2,1-3H3;2*1H2. The van der Waals surface area contributed by atoms with Crippen LogP contribution in [0.4, 0.5) is 0 Å². The van der Waals surface area contributed by atoms with Gasteiger partial charge in [0.2, 0.25) is 0 Å². The summed E-state index contributed by atoms with van der Waals surface area (Å²) in [4.78, 5) is 0. The van der Waals surface area contributed by atoms with Gasteiger partial charge in [-0.25, -0.2) is 0 Å². The Labute approximate surface area is 56.2 Å². The van der Waals surface area contributed by atoms with Crippen LogP contribution in [0.25, 0.3) is 0 Å². The first-order chi connectivity index (χ1) is 3.13. The Bertz CT molecular complexity index is 75.1. The van der Waals surface area contributed by atoms with E-state index in [1.807, 2.05) is 0 Å². The highest BCUT2D eigenvalue weighted by Gasteiger charge is 1.86. The summed E-state index contributed by atoms with van der Waals surface area (Å²) < 4.78 is 0. The Kier molecular flexibility index (Phi) is 13.4. The van der Waals surface area contributed by atoms with Gasteiger partial charge in [-0.15, -0.1) is 0 Å². The second kappa shape index (κ2) is 7.62. The Balaban J connectivity index is -0.000000180. The normalized spacial score (nSPS) is 10.2. The second-order valence-electron chi connectivity index (χ2n) is 2.22. The van der Waals surface area contributed by atoms with Crippen LogP contribution in [0.15, 0.2) is 11.6 Å². The molecule has 3 heteroatoms. The van der Waals surface area contributed by atoms with Crippen molar-refractivity contribution in [1.29, 1.82) is 0 Å². The van der Waals surface area contributed by atoms with E-state index in [1.165, 1.54) is 5.57 Å². The van der Waals surface area contributed by atoms with Crippen LogP contribution in [-0.4, -0.2) is 17.0 Å². The summed E-state index contributed by atoms with van der Waals surface area (Å²) in [5.41, 5.74) is 5.15. The highest BCUT2D eigenvalue weighted by Crippen LogP contribution is 1.87. The summed E-state index contributed by atoms with van der Waals surface area (Å²) >= 11 is 0. The first-order valence-corrected chi connectivity index (χ1v) is 2.61. The van der Waals surface area contributed by atoms with Crippen LogP contribution in [0, 0.1) is 0 Å². The van der Waals surface area contributed by atoms with E-state index in [0.717, 1.165) is 0 Å². The van der Waals surface area contributed by atoms with Gasteiger partial charge in [0.1, 0.15) is 6.04 Å². The number of rotatable bonds is 1. The van der Waals surface area contributed by atoms with Crippen molar-refractivity contribution in [2.24, 2.45) is 0 Å². The third-order valence-corrected chi connectivity index (χ3v) is 0.618. The van der Waals surface area contributed by atoms with Gasteiger partial charge in [0.25, 0.3) is 0 Å². The van der Waals surface area contributed by atoms with E-state index in [4.69, 9.17) is 0 Å². The minimum absolute atomic E-state index is 0. The van der Waals surface area contributed by atoms with Crippen molar-refractivity contribution in [3.8, 4) is 0 Å². The lowest BCUT2D eigenvalue weighted by atomic mass is 10.2. The number of quaternary nitrogens is 1. The maximum atomic E-state index is 3.80. The minimum atomic E-state index is 0. The van der Waals surface area contributed by atoms with Crippen molar-refractivity contribution >= 4 is 0 Å². The predicted molar refractivity (Wildman–Crippen MR) is 37.3 cm³/mol. The molecule has 1 atom stereocenters. The van der Waals surface area contributed by atoms with Gasteiger partial charge in [-0.1, -0.05) is 5.57 Å². The summed E-state index contributed by atoms with van der Waals surface area (Å²) in [5, 5.41) is 0. The van der Waals surface area contributed by atoms with Crippen LogP contribution in [0.3, 0.4) is 0 Å². The first-order valence-electron chi connectivity index (χ1n) is 2.61. The molecule has 6 N–H and O–H groups in total. The van der Waals surface area contributed by atoms with E-state index in [0.29, 0.717) is 6.04 Å². The van der Waals surface area contributed by atoms with E-state index >= 15 is 0 Å². The Morgan fingerprint density at radius 3 is 1.78 bits per heavy atom. The van der Waals surface area contributed by atoms with Crippen molar-refractivity contribution in [2.75, 3.05) is 0 Å². The molecule has 0 spiro atoms. The molecule has 0 fully saturated rings. The van der Waals surface area contributed by atoms with Gasteiger partial charge in [-0.05, 0) is 26.8 Å². The molecular formula is C6H17NO2. The summed E-state index contributed by atoms with van der Waals surface area (Å²) in [6, 6.07) is 0.463. The predicted octanol–water partition coefficient (Wildman–Crippen LogP) is -0.418. The van der Waals surface area contributed by atoms with Crippen molar-refractivity contribution in [3.05, 3.63) is 11.6 Å². The summed E-state index contributed by atoms with van der Waals surface area (Å²) in [7, 11) is 0. The van der Waals surface area contributed by atoms with Crippen molar-refractivity contribution in [2.45, 2.75) is 26.8 Å². The highest BCUT2D eigenvalue weighted by molar-refractivity contribution is 4.95. The lowest BCUT2D eigenvalue weighted by molar-refractivity contribution is -0.397. The molecule has 0 heterocycles. The summed E-state index contributed by atoms with van der Waals surface area (Å²) in [6.07, 6.45) is 2.14. The zero-order valence-electron chi connectivity index (χ0n) is 6.31. The van der Waals surface area contributed by atoms with Crippen LogP contribution in [-0.2, 0) is 0 Å². The van der Waals surface area contributed by atoms with E-state index in [2.05, 4.69) is 32.6 Å². The molecule has 0 amide bonds. The molecule has 3 nitrogen and oxygen atoms in total. The molecule has 9 heavy (non-hydrogen) atoms. The van der Waals surface area contributed by atoms with E-state index < -0.39 is 0 Å². The zero-order chi connectivity index (χ0) is 5.86. The maximum absolute atomic E-state index is 3.80. The Morgan fingerprint density at radius 1 is 1.44 bits per heavy atom. The van der Waals surface area contributed by atoms with Crippen LogP contribution in [0.2, 0.25) is 0 Å². The van der Waals surface area contributed by atoms with Crippen molar-refractivity contribution < 1.29 is 16.7 Å². The monoisotopic (exact) mass is 135 g/mol. The lowest BCUT2D eigenvalue weighted by Gasteiger charge is -1.90. The Hall–Kier alpha value is -0.380.